The normalized spacial score (nSPS) is 16.4. The molecule has 1 aliphatic rings. The van der Waals surface area contributed by atoms with E-state index in [0.29, 0.717) is 6.42 Å². The summed E-state index contributed by atoms with van der Waals surface area (Å²) in [5.74, 6) is 0.00404. The van der Waals surface area contributed by atoms with Crippen LogP contribution in [0.25, 0.3) is 0 Å². The van der Waals surface area contributed by atoms with Gasteiger partial charge in [0.25, 0.3) is 5.69 Å². The zero-order valence-corrected chi connectivity index (χ0v) is 12.7. The summed E-state index contributed by atoms with van der Waals surface area (Å²) in [4.78, 5) is 25.1. The molecule has 2 aromatic rings. The highest BCUT2D eigenvalue weighted by Crippen LogP contribution is 2.44. The lowest BCUT2D eigenvalue weighted by molar-refractivity contribution is -0.384. The minimum Gasteiger partial charge on any atom is -0.298 e. The van der Waals surface area contributed by atoms with Gasteiger partial charge in [0.05, 0.1) is 16.0 Å². The SMILES string of the molecule is CC(=O)N1c2ccccc2SC1Cc1ccc([N+](=O)[O-])cc1. The van der Waals surface area contributed by atoms with Gasteiger partial charge in [-0.3, -0.25) is 19.8 Å². The van der Waals surface area contributed by atoms with Crippen molar-refractivity contribution in [3.05, 3.63) is 64.2 Å². The van der Waals surface area contributed by atoms with Crippen molar-refractivity contribution in [1.29, 1.82) is 0 Å². The lowest BCUT2D eigenvalue weighted by Gasteiger charge is -2.23. The maximum absolute atomic E-state index is 12.0. The number of rotatable bonds is 3. The van der Waals surface area contributed by atoms with E-state index in [2.05, 4.69) is 0 Å². The van der Waals surface area contributed by atoms with Crippen molar-refractivity contribution in [2.75, 3.05) is 4.90 Å². The predicted octanol–water partition coefficient (Wildman–Crippen LogP) is 3.62. The Morgan fingerprint density at radius 2 is 1.91 bits per heavy atom. The molecule has 0 aliphatic carbocycles. The average Bonchev–Trinajstić information content (AvgIpc) is 2.85. The van der Waals surface area contributed by atoms with E-state index in [-0.39, 0.29) is 17.0 Å². The van der Waals surface area contributed by atoms with E-state index in [1.807, 2.05) is 24.3 Å². The van der Waals surface area contributed by atoms with Crippen LogP contribution in [0.4, 0.5) is 11.4 Å². The van der Waals surface area contributed by atoms with Crippen LogP contribution in [0.15, 0.2) is 53.4 Å². The fourth-order valence-corrected chi connectivity index (χ4v) is 3.95. The Balaban J connectivity index is 1.83. The minimum atomic E-state index is -0.411. The van der Waals surface area contributed by atoms with Gasteiger partial charge >= 0.3 is 0 Å². The molecule has 3 rings (SSSR count). The first-order valence-electron chi connectivity index (χ1n) is 6.85. The molecule has 0 radical (unpaired) electrons. The maximum atomic E-state index is 12.0. The molecule has 0 saturated heterocycles. The molecule has 0 aromatic heterocycles. The predicted molar refractivity (Wildman–Crippen MR) is 86.0 cm³/mol. The Morgan fingerprint density at radius 1 is 1.23 bits per heavy atom. The molecule has 0 bridgehead atoms. The number of amides is 1. The van der Waals surface area contributed by atoms with Gasteiger partial charge in [-0.1, -0.05) is 36.0 Å². The molecule has 22 heavy (non-hydrogen) atoms. The van der Waals surface area contributed by atoms with E-state index in [0.717, 1.165) is 16.1 Å². The number of benzene rings is 2. The lowest BCUT2D eigenvalue weighted by atomic mass is 10.1. The van der Waals surface area contributed by atoms with Gasteiger partial charge in [0.15, 0.2) is 0 Å². The van der Waals surface area contributed by atoms with Gasteiger partial charge in [0, 0.05) is 30.4 Å². The second-order valence-corrected chi connectivity index (χ2v) is 6.28. The summed E-state index contributed by atoms with van der Waals surface area (Å²) in [6.45, 7) is 1.56. The quantitative estimate of drug-likeness (QED) is 0.641. The summed E-state index contributed by atoms with van der Waals surface area (Å²) < 4.78 is 0. The van der Waals surface area contributed by atoms with Crippen molar-refractivity contribution >= 4 is 29.0 Å². The van der Waals surface area contributed by atoms with Crippen molar-refractivity contribution in [2.45, 2.75) is 23.6 Å². The highest BCUT2D eigenvalue weighted by atomic mass is 32.2. The molecule has 0 spiro atoms. The first-order chi connectivity index (χ1) is 10.6. The number of thioether (sulfide) groups is 1. The van der Waals surface area contributed by atoms with Crippen molar-refractivity contribution in [2.24, 2.45) is 0 Å². The van der Waals surface area contributed by atoms with Gasteiger partial charge in [0.2, 0.25) is 5.91 Å². The lowest BCUT2D eigenvalue weighted by Crippen LogP contribution is -2.35. The number of fused-ring (bicyclic) bond motifs is 1. The number of hydrogen-bond donors (Lipinski definition) is 0. The van der Waals surface area contributed by atoms with Crippen LogP contribution in [-0.2, 0) is 11.2 Å². The Morgan fingerprint density at radius 3 is 2.55 bits per heavy atom. The number of nitro groups is 1. The van der Waals surface area contributed by atoms with Crippen molar-refractivity contribution in [3.8, 4) is 0 Å². The molecule has 0 fully saturated rings. The van der Waals surface area contributed by atoms with Crippen LogP contribution in [-0.4, -0.2) is 16.2 Å². The number of non-ortho nitro benzene ring substituents is 1. The van der Waals surface area contributed by atoms with Crippen LogP contribution >= 0.6 is 11.8 Å². The number of carbonyl (C=O) groups is 1. The third kappa shape index (κ3) is 2.69. The molecule has 0 saturated carbocycles. The minimum absolute atomic E-state index is 0.00404. The van der Waals surface area contributed by atoms with E-state index in [4.69, 9.17) is 0 Å². The number of carbonyl (C=O) groups excluding carboxylic acids is 1. The highest BCUT2D eigenvalue weighted by molar-refractivity contribution is 8.00. The van der Waals surface area contributed by atoms with Crippen LogP contribution in [0.3, 0.4) is 0 Å². The van der Waals surface area contributed by atoms with Crippen LogP contribution in [0.2, 0.25) is 0 Å². The molecule has 1 unspecified atom stereocenters. The molecule has 1 aliphatic heterocycles. The van der Waals surface area contributed by atoms with Crippen molar-refractivity contribution in [3.63, 3.8) is 0 Å². The summed E-state index contributed by atoms with van der Waals surface area (Å²) >= 11 is 1.65. The number of hydrogen-bond acceptors (Lipinski definition) is 4. The smallest absolute Gasteiger partial charge is 0.269 e. The summed E-state index contributed by atoms with van der Waals surface area (Å²) in [7, 11) is 0. The van der Waals surface area contributed by atoms with Crippen LogP contribution in [0.5, 0.6) is 0 Å². The Labute approximate surface area is 132 Å². The molecule has 1 heterocycles. The third-order valence-electron chi connectivity index (χ3n) is 3.57. The van der Waals surface area contributed by atoms with E-state index < -0.39 is 4.92 Å². The molecule has 0 N–H and O–H groups in total. The van der Waals surface area contributed by atoms with Crippen LogP contribution < -0.4 is 4.90 Å². The van der Waals surface area contributed by atoms with Gasteiger partial charge in [-0.25, -0.2) is 0 Å². The summed E-state index contributed by atoms with van der Waals surface area (Å²) in [5.41, 5.74) is 1.99. The molecular formula is C16H14N2O3S. The van der Waals surface area contributed by atoms with Gasteiger partial charge in [-0.2, -0.15) is 0 Å². The van der Waals surface area contributed by atoms with Gasteiger partial charge in [0.1, 0.15) is 0 Å². The van der Waals surface area contributed by atoms with E-state index in [1.165, 1.54) is 12.1 Å². The standard InChI is InChI=1S/C16H14N2O3S/c1-11(19)17-14-4-2-3-5-15(14)22-16(17)10-12-6-8-13(9-7-12)18(20)21/h2-9,16H,10H2,1H3. The topological polar surface area (TPSA) is 63.5 Å². The van der Waals surface area contributed by atoms with Crippen molar-refractivity contribution < 1.29 is 9.72 Å². The molecule has 1 amide bonds. The molecular weight excluding hydrogens is 300 g/mol. The second kappa shape index (κ2) is 5.81. The van der Waals surface area contributed by atoms with Crippen molar-refractivity contribution in [1.82, 2.24) is 0 Å². The van der Waals surface area contributed by atoms with Gasteiger partial charge in [-0.05, 0) is 17.7 Å². The number of nitro benzene ring substituents is 1. The largest absolute Gasteiger partial charge is 0.298 e. The molecule has 112 valence electrons. The summed E-state index contributed by atoms with van der Waals surface area (Å²) in [5, 5.41) is 10.7. The average molecular weight is 314 g/mol. The maximum Gasteiger partial charge on any atom is 0.269 e. The van der Waals surface area contributed by atoms with E-state index >= 15 is 0 Å². The van der Waals surface area contributed by atoms with Gasteiger partial charge in [-0.15, -0.1) is 0 Å². The fraction of sp³-hybridized carbons (Fsp3) is 0.188. The Bertz CT molecular complexity index is 730. The van der Waals surface area contributed by atoms with E-state index in [1.54, 1.807) is 35.7 Å². The molecule has 6 heteroatoms. The zero-order chi connectivity index (χ0) is 15.7. The zero-order valence-electron chi connectivity index (χ0n) is 11.9. The van der Waals surface area contributed by atoms with Gasteiger partial charge < -0.3 is 0 Å². The summed E-state index contributed by atoms with van der Waals surface area (Å²) in [6.07, 6.45) is 0.650. The number of para-hydroxylation sites is 1. The molecule has 5 nitrogen and oxygen atoms in total. The molecule has 1 atom stereocenters. The Kier molecular flexibility index (Phi) is 3.85. The fourth-order valence-electron chi connectivity index (χ4n) is 2.57. The number of anilines is 1. The monoisotopic (exact) mass is 314 g/mol. The Hall–Kier alpha value is -2.34. The third-order valence-corrected chi connectivity index (χ3v) is 4.82. The highest BCUT2D eigenvalue weighted by Gasteiger charge is 2.32. The number of nitrogens with zero attached hydrogens (tertiary/aromatic N) is 2. The van der Waals surface area contributed by atoms with Crippen LogP contribution in [0, 0.1) is 10.1 Å². The van der Waals surface area contributed by atoms with Crippen LogP contribution in [0.1, 0.15) is 12.5 Å². The first-order valence-corrected chi connectivity index (χ1v) is 7.73. The first kappa shape index (κ1) is 14.6. The van der Waals surface area contributed by atoms with E-state index in [9.17, 15) is 14.9 Å². The molecule has 2 aromatic carbocycles. The summed E-state index contributed by atoms with van der Waals surface area (Å²) in [6, 6.07) is 14.3. The second-order valence-electron chi connectivity index (χ2n) is 5.06.